The van der Waals surface area contributed by atoms with E-state index in [1.807, 2.05) is 19.2 Å². The summed E-state index contributed by atoms with van der Waals surface area (Å²) < 4.78 is 5.52. The topological polar surface area (TPSA) is 41.5 Å². The van der Waals surface area contributed by atoms with E-state index in [0.717, 1.165) is 30.8 Å². The van der Waals surface area contributed by atoms with E-state index in [0.29, 0.717) is 6.54 Å². The number of aliphatic hydroxyl groups excluding tert-OH is 1. The number of hydrogen-bond donors (Lipinski definition) is 2. The predicted octanol–water partition coefficient (Wildman–Crippen LogP) is 1.26. The molecule has 1 aliphatic heterocycles. The highest BCUT2D eigenvalue weighted by Crippen LogP contribution is 2.27. The minimum atomic E-state index is -0.428. The summed E-state index contributed by atoms with van der Waals surface area (Å²) in [6.07, 6.45) is 1.69. The third-order valence-electron chi connectivity index (χ3n) is 2.71. The molecule has 1 unspecified atom stereocenters. The fraction of sp³-hybridized carbons (Fsp3) is 0.500. The fourth-order valence-electron chi connectivity index (χ4n) is 1.90. The lowest BCUT2D eigenvalue weighted by Crippen LogP contribution is -2.17. The van der Waals surface area contributed by atoms with Crippen molar-refractivity contribution in [2.24, 2.45) is 0 Å². The Labute approximate surface area is 90.1 Å². The van der Waals surface area contributed by atoms with Crippen LogP contribution in [-0.2, 0) is 6.42 Å². The van der Waals surface area contributed by atoms with Crippen molar-refractivity contribution in [1.82, 2.24) is 5.32 Å². The molecule has 3 nitrogen and oxygen atoms in total. The molecule has 1 heterocycles. The zero-order chi connectivity index (χ0) is 10.7. The molecule has 0 fully saturated rings. The van der Waals surface area contributed by atoms with Gasteiger partial charge in [-0.1, -0.05) is 6.07 Å². The number of fused-ring (bicyclic) bond motifs is 1. The molecule has 2 N–H and O–H groups in total. The Morgan fingerprint density at radius 3 is 3.20 bits per heavy atom. The van der Waals surface area contributed by atoms with Crippen molar-refractivity contribution in [3.05, 3.63) is 29.3 Å². The Bertz CT molecular complexity index is 338. The third-order valence-corrected chi connectivity index (χ3v) is 2.71. The van der Waals surface area contributed by atoms with Gasteiger partial charge in [-0.15, -0.1) is 0 Å². The van der Waals surface area contributed by atoms with Gasteiger partial charge in [0.2, 0.25) is 0 Å². The third kappa shape index (κ3) is 2.30. The SMILES string of the molecule is CNCC(O)c1ccc2c(c1)CCCO2. The second-order valence-corrected chi connectivity index (χ2v) is 3.89. The maximum absolute atomic E-state index is 9.82. The highest BCUT2D eigenvalue weighted by molar-refractivity contribution is 5.39. The summed E-state index contributed by atoms with van der Waals surface area (Å²) in [6, 6.07) is 5.95. The van der Waals surface area contributed by atoms with Crippen molar-refractivity contribution >= 4 is 0 Å². The molecular formula is C12H17NO2. The molecule has 0 aromatic heterocycles. The van der Waals surface area contributed by atoms with Gasteiger partial charge < -0.3 is 15.2 Å². The van der Waals surface area contributed by atoms with E-state index < -0.39 is 6.10 Å². The molecule has 0 radical (unpaired) electrons. The Hall–Kier alpha value is -1.06. The van der Waals surface area contributed by atoms with E-state index in [2.05, 4.69) is 11.4 Å². The number of rotatable bonds is 3. The molecule has 1 aliphatic rings. The summed E-state index contributed by atoms with van der Waals surface area (Å²) in [5.74, 6) is 0.974. The van der Waals surface area contributed by atoms with Crippen LogP contribution in [0.5, 0.6) is 5.75 Å². The summed E-state index contributed by atoms with van der Waals surface area (Å²) in [6.45, 7) is 1.39. The smallest absolute Gasteiger partial charge is 0.122 e. The second-order valence-electron chi connectivity index (χ2n) is 3.89. The van der Waals surface area contributed by atoms with Crippen molar-refractivity contribution in [1.29, 1.82) is 0 Å². The van der Waals surface area contributed by atoms with Crippen molar-refractivity contribution < 1.29 is 9.84 Å². The van der Waals surface area contributed by atoms with Gasteiger partial charge >= 0.3 is 0 Å². The first-order valence-corrected chi connectivity index (χ1v) is 5.39. The Balaban J connectivity index is 2.20. The number of benzene rings is 1. The number of aliphatic hydroxyl groups is 1. The van der Waals surface area contributed by atoms with Crippen molar-refractivity contribution in [3.63, 3.8) is 0 Å². The minimum absolute atomic E-state index is 0.428. The minimum Gasteiger partial charge on any atom is -0.493 e. The Morgan fingerprint density at radius 2 is 2.40 bits per heavy atom. The van der Waals surface area contributed by atoms with Crippen LogP contribution in [0.25, 0.3) is 0 Å². The average Bonchev–Trinajstić information content (AvgIpc) is 2.29. The number of nitrogens with one attached hydrogen (secondary N) is 1. The van der Waals surface area contributed by atoms with Crippen LogP contribution in [0.15, 0.2) is 18.2 Å². The number of ether oxygens (including phenoxy) is 1. The molecule has 0 saturated heterocycles. The molecule has 1 atom stereocenters. The van der Waals surface area contributed by atoms with Crippen LogP contribution in [-0.4, -0.2) is 25.3 Å². The van der Waals surface area contributed by atoms with Crippen LogP contribution in [0.2, 0.25) is 0 Å². The van der Waals surface area contributed by atoms with Gasteiger partial charge in [-0.05, 0) is 43.1 Å². The van der Waals surface area contributed by atoms with Crippen LogP contribution < -0.4 is 10.1 Å². The lowest BCUT2D eigenvalue weighted by Gasteiger charge is -2.19. The van der Waals surface area contributed by atoms with Gasteiger partial charge in [0.15, 0.2) is 0 Å². The number of hydrogen-bond acceptors (Lipinski definition) is 3. The molecule has 2 rings (SSSR count). The van der Waals surface area contributed by atoms with E-state index in [4.69, 9.17) is 4.74 Å². The van der Waals surface area contributed by atoms with Crippen LogP contribution in [0.3, 0.4) is 0 Å². The summed E-state index contributed by atoms with van der Waals surface area (Å²) in [5, 5.41) is 12.8. The summed E-state index contributed by atoms with van der Waals surface area (Å²) in [5.41, 5.74) is 2.18. The van der Waals surface area contributed by atoms with E-state index >= 15 is 0 Å². The molecule has 1 aromatic carbocycles. The summed E-state index contributed by atoms with van der Waals surface area (Å²) >= 11 is 0. The van der Waals surface area contributed by atoms with Gasteiger partial charge in [0.25, 0.3) is 0 Å². The van der Waals surface area contributed by atoms with Gasteiger partial charge in [-0.3, -0.25) is 0 Å². The highest BCUT2D eigenvalue weighted by atomic mass is 16.5. The maximum atomic E-state index is 9.82. The Morgan fingerprint density at radius 1 is 1.53 bits per heavy atom. The van der Waals surface area contributed by atoms with Crippen molar-refractivity contribution in [2.75, 3.05) is 20.2 Å². The lowest BCUT2D eigenvalue weighted by molar-refractivity contribution is 0.177. The van der Waals surface area contributed by atoms with Crippen LogP contribution in [0, 0.1) is 0 Å². The van der Waals surface area contributed by atoms with Crippen LogP contribution >= 0.6 is 0 Å². The van der Waals surface area contributed by atoms with Gasteiger partial charge in [0, 0.05) is 6.54 Å². The van der Waals surface area contributed by atoms with E-state index in [-0.39, 0.29) is 0 Å². The molecule has 0 spiro atoms. The molecular weight excluding hydrogens is 190 g/mol. The normalized spacial score (nSPS) is 16.7. The molecule has 3 heteroatoms. The fourth-order valence-corrected chi connectivity index (χ4v) is 1.90. The summed E-state index contributed by atoms with van der Waals surface area (Å²) in [7, 11) is 1.84. The van der Waals surface area contributed by atoms with Crippen molar-refractivity contribution in [3.8, 4) is 5.75 Å². The zero-order valence-electron chi connectivity index (χ0n) is 8.99. The second kappa shape index (κ2) is 4.64. The van der Waals surface area contributed by atoms with Crippen LogP contribution in [0.1, 0.15) is 23.7 Å². The molecule has 0 bridgehead atoms. The molecule has 0 amide bonds. The monoisotopic (exact) mass is 207 g/mol. The first kappa shape index (κ1) is 10.5. The average molecular weight is 207 g/mol. The van der Waals surface area contributed by atoms with Gasteiger partial charge in [-0.2, -0.15) is 0 Å². The van der Waals surface area contributed by atoms with E-state index in [1.54, 1.807) is 0 Å². The number of aryl methyl sites for hydroxylation is 1. The molecule has 0 saturated carbocycles. The maximum Gasteiger partial charge on any atom is 0.122 e. The highest BCUT2D eigenvalue weighted by Gasteiger charge is 2.13. The first-order chi connectivity index (χ1) is 7.31. The zero-order valence-corrected chi connectivity index (χ0v) is 8.99. The Kier molecular flexibility index (Phi) is 3.23. The quantitative estimate of drug-likeness (QED) is 0.784. The lowest BCUT2D eigenvalue weighted by atomic mass is 10.0. The largest absolute Gasteiger partial charge is 0.493 e. The molecule has 0 aliphatic carbocycles. The molecule has 1 aromatic rings. The standard InChI is InChI=1S/C12H17NO2/c1-13-8-11(14)9-4-5-12-10(7-9)3-2-6-15-12/h4-5,7,11,13-14H,2-3,6,8H2,1H3. The van der Waals surface area contributed by atoms with Gasteiger partial charge in [-0.25, -0.2) is 0 Å². The van der Waals surface area contributed by atoms with Crippen molar-refractivity contribution in [2.45, 2.75) is 18.9 Å². The van der Waals surface area contributed by atoms with Gasteiger partial charge in [0.05, 0.1) is 12.7 Å². The molecule has 15 heavy (non-hydrogen) atoms. The molecule has 82 valence electrons. The number of likely N-dealkylation sites (N-methyl/N-ethyl adjacent to an activating group) is 1. The van der Waals surface area contributed by atoms with Gasteiger partial charge in [0.1, 0.15) is 5.75 Å². The van der Waals surface area contributed by atoms with Crippen LogP contribution in [0.4, 0.5) is 0 Å². The van der Waals surface area contributed by atoms with E-state index in [9.17, 15) is 5.11 Å². The first-order valence-electron chi connectivity index (χ1n) is 5.39. The predicted molar refractivity (Wildman–Crippen MR) is 59.1 cm³/mol. The van der Waals surface area contributed by atoms with E-state index in [1.165, 1.54) is 5.56 Å². The summed E-state index contributed by atoms with van der Waals surface area (Å²) in [4.78, 5) is 0.